The first kappa shape index (κ1) is 8.81. The monoisotopic (exact) mass is 190 g/mol. The van der Waals surface area contributed by atoms with Gasteiger partial charge in [0.15, 0.2) is 0 Å². The zero-order chi connectivity index (χ0) is 10.1. The number of allylic oxidation sites excluding steroid dienone is 1. The molecule has 0 unspecified atom stereocenters. The second kappa shape index (κ2) is 3.18. The summed E-state index contributed by atoms with van der Waals surface area (Å²) < 4.78 is 10.2. The third-order valence-corrected chi connectivity index (χ3v) is 2.18. The minimum absolute atomic E-state index is 0.342. The molecule has 0 fully saturated rings. The molecule has 0 saturated heterocycles. The molecule has 1 aliphatic rings. The van der Waals surface area contributed by atoms with E-state index in [0.29, 0.717) is 17.1 Å². The Balaban J connectivity index is 2.67. The third-order valence-electron chi connectivity index (χ3n) is 2.18. The second-order valence-corrected chi connectivity index (χ2v) is 2.93. The van der Waals surface area contributed by atoms with Crippen molar-refractivity contribution in [3.05, 3.63) is 35.4 Å². The Kier molecular flexibility index (Phi) is 2.00. The Morgan fingerprint density at radius 3 is 2.86 bits per heavy atom. The van der Waals surface area contributed by atoms with Crippen molar-refractivity contribution in [3.63, 3.8) is 0 Å². The van der Waals surface area contributed by atoms with Crippen molar-refractivity contribution in [1.82, 2.24) is 0 Å². The molecule has 2 rings (SSSR count). The van der Waals surface area contributed by atoms with Crippen molar-refractivity contribution < 1.29 is 14.3 Å². The molecular formula is C11H10O3. The van der Waals surface area contributed by atoms with Crippen molar-refractivity contribution in [2.45, 2.75) is 6.92 Å². The van der Waals surface area contributed by atoms with Crippen LogP contribution in [0.2, 0.25) is 0 Å². The highest BCUT2D eigenvalue weighted by molar-refractivity contribution is 6.05. The van der Waals surface area contributed by atoms with Crippen LogP contribution in [0.25, 0.3) is 5.76 Å². The van der Waals surface area contributed by atoms with Crippen molar-refractivity contribution in [1.29, 1.82) is 0 Å². The average molecular weight is 190 g/mol. The molecule has 14 heavy (non-hydrogen) atoms. The van der Waals surface area contributed by atoms with Crippen LogP contribution in [0.3, 0.4) is 0 Å². The number of fused-ring (bicyclic) bond motifs is 1. The minimum Gasteiger partial charge on any atom is -0.496 e. The van der Waals surface area contributed by atoms with Crippen LogP contribution in [0.4, 0.5) is 0 Å². The van der Waals surface area contributed by atoms with E-state index in [9.17, 15) is 4.79 Å². The van der Waals surface area contributed by atoms with Crippen LogP contribution in [0.15, 0.2) is 24.3 Å². The van der Waals surface area contributed by atoms with Crippen LogP contribution in [-0.2, 0) is 4.74 Å². The van der Waals surface area contributed by atoms with Gasteiger partial charge in [-0.2, -0.15) is 0 Å². The summed E-state index contributed by atoms with van der Waals surface area (Å²) in [5.74, 6) is 0.818. The van der Waals surface area contributed by atoms with Crippen LogP contribution >= 0.6 is 0 Å². The first-order valence-corrected chi connectivity index (χ1v) is 4.33. The van der Waals surface area contributed by atoms with E-state index in [1.165, 1.54) is 7.11 Å². The summed E-state index contributed by atoms with van der Waals surface area (Å²) in [4.78, 5) is 11.5. The van der Waals surface area contributed by atoms with Gasteiger partial charge in [-0.3, -0.25) is 0 Å². The molecule has 3 heteroatoms. The summed E-state index contributed by atoms with van der Waals surface area (Å²) in [5, 5.41) is 0. The Morgan fingerprint density at radius 1 is 1.43 bits per heavy atom. The number of rotatable bonds is 1. The van der Waals surface area contributed by atoms with Crippen molar-refractivity contribution >= 4 is 11.7 Å². The summed E-state index contributed by atoms with van der Waals surface area (Å²) in [6.45, 7) is 1.83. The summed E-state index contributed by atoms with van der Waals surface area (Å²) in [5.41, 5.74) is 1.32. The zero-order valence-corrected chi connectivity index (χ0v) is 8.03. The van der Waals surface area contributed by atoms with Gasteiger partial charge in [-0.05, 0) is 19.1 Å². The molecule has 1 aromatic carbocycles. The molecule has 0 amide bonds. The van der Waals surface area contributed by atoms with E-state index in [4.69, 9.17) is 9.47 Å². The van der Waals surface area contributed by atoms with Gasteiger partial charge < -0.3 is 9.47 Å². The first-order chi connectivity index (χ1) is 6.77. The second-order valence-electron chi connectivity index (χ2n) is 2.93. The van der Waals surface area contributed by atoms with Gasteiger partial charge in [-0.1, -0.05) is 12.1 Å². The molecule has 0 radical (unpaired) electrons. The number of carbonyl (C=O) groups is 1. The molecule has 0 aromatic heterocycles. The van der Waals surface area contributed by atoms with Gasteiger partial charge in [0.05, 0.1) is 7.11 Å². The largest absolute Gasteiger partial charge is 0.496 e. The number of benzene rings is 1. The topological polar surface area (TPSA) is 35.5 Å². The number of hydrogen-bond donors (Lipinski definition) is 0. The number of esters is 1. The number of carbonyl (C=O) groups excluding carboxylic acids is 1. The fourth-order valence-corrected chi connectivity index (χ4v) is 1.54. The Bertz CT molecular complexity index is 419. The standard InChI is InChI=1S/C11H10O3/c1-3-8-7-5-4-6-9(13-2)10(7)11(12)14-8/h3-6H,1-2H3/b8-3-. The molecule has 0 bridgehead atoms. The Hall–Kier alpha value is -1.77. The zero-order valence-electron chi connectivity index (χ0n) is 8.03. The van der Waals surface area contributed by atoms with Crippen LogP contribution < -0.4 is 4.74 Å². The van der Waals surface area contributed by atoms with E-state index < -0.39 is 0 Å². The van der Waals surface area contributed by atoms with Gasteiger partial charge in [0.2, 0.25) is 0 Å². The lowest BCUT2D eigenvalue weighted by Crippen LogP contribution is -1.97. The molecule has 3 nitrogen and oxygen atoms in total. The number of ether oxygens (including phenoxy) is 2. The highest BCUT2D eigenvalue weighted by Crippen LogP contribution is 2.35. The van der Waals surface area contributed by atoms with Crippen molar-refractivity contribution in [2.24, 2.45) is 0 Å². The smallest absolute Gasteiger partial charge is 0.348 e. The molecular weight excluding hydrogens is 180 g/mol. The van der Waals surface area contributed by atoms with Gasteiger partial charge in [-0.25, -0.2) is 4.79 Å². The number of methoxy groups -OCH3 is 1. The molecule has 0 N–H and O–H groups in total. The maximum atomic E-state index is 11.5. The predicted octanol–water partition coefficient (Wildman–Crippen LogP) is 2.23. The summed E-state index contributed by atoms with van der Waals surface area (Å²) >= 11 is 0. The van der Waals surface area contributed by atoms with Gasteiger partial charge in [-0.15, -0.1) is 0 Å². The highest BCUT2D eigenvalue weighted by Gasteiger charge is 2.29. The van der Waals surface area contributed by atoms with Crippen LogP contribution in [0.1, 0.15) is 22.8 Å². The maximum Gasteiger partial charge on any atom is 0.348 e. The van der Waals surface area contributed by atoms with Crippen molar-refractivity contribution in [2.75, 3.05) is 7.11 Å². The lowest BCUT2D eigenvalue weighted by atomic mass is 10.1. The molecule has 1 aliphatic heterocycles. The molecule has 0 spiro atoms. The molecule has 0 aliphatic carbocycles. The van der Waals surface area contributed by atoms with E-state index >= 15 is 0 Å². The lowest BCUT2D eigenvalue weighted by molar-refractivity contribution is 0.0712. The predicted molar refractivity (Wildman–Crippen MR) is 52.1 cm³/mol. The molecule has 0 atom stereocenters. The molecule has 1 heterocycles. The lowest BCUT2D eigenvalue weighted by Gasteiger charge is -2.01. The minimum atomic E-state index is -0.342. The van der Waals surface area contributed by atoms with Gasteiger partial charge >= 0.3 is 5.97 Å². The summed E-state index contributed by atoms with van der Waals surface area (Å²) in [6.07, 6.45) is 1.77. The molecule has 0 saturated carbocycles. The third kappa shape index (κ3) is 1.09. The normalized spacial score (nSPS) is 16.7. The number of hydrogen-bond acceptors (Lipinski definition) is 3. The Labute approximate surface area is 81.9 Å². The first-order valence-electron chi connectivity index (χ1n) is 4.33. The van der Waals surface area contributed by atoms with E-state index in [-0.39, 0.29) is 5.97 Å². The summed E-state index contributed by atoms with van der Waals surface area (Å²) in [6, 6.07) is 5.43. The van der Waals surface area contributed by atoms with Gasteiger partial charge in [0.25, 0.3) is 0 Å². The van der Waals surface area contributed by atoms with E-state index in [0.717, 1.165) is 5.56 Å². The molecule has 72 valence electrons. The maximum absolute atomic E-state index is 11.5. The fraction of sp³-hybridized carbons (Fsp3) is 0.182. The van der Waals surface area contributed by atoms with E-state index in [1.54, 1.807) is 12.1 Å². The fourth-order valence-electron chi connectivity index (χ4n) is 1.54. The van der Waals surface area contributed by atoms with Crippen LogP contribution in [-0.4, -0.2) is 13.1 Å². The Morgan fingerprint density at radius 2 is 2.21 bits per heavy atom. The quantitative estimate of drug-likeness (QED) is 0.637. The average Bonchev–Trinajstić information content (AvgIpc) is 2.55. The van der Waals surface area contributed by atoms with E-state index in [1.807, 2.05) is 19.1 Å². The molecule has 1 aromatic rings. The van der Waals surface area contributed by atoms with E-state index in [2.05, 4.69) is 0 Å². The van der Waals surface area contributed by atoms with Gasteiger partial charge in [0, 0.05) is 5.56 Å². The van der Waals surface area contributed by atoms with Crippen LogP contribution in [0.5, 0.6) is 5.75 Å². The SMILES string of the molecule is C/C=C1\OC(=O)c2c(OC)cccc21. The number of cyclic esters (lactones) is 1. The summed E-state index contributed by atoms with van der Waals surface area (Å²) in [7, 11) is 1.54. The van der Waals surface area contributed by atoms with Crippen molar-refractivity contribution in [3.8, 4) is 5.75 Å². The highest BCUT2D eigenvalue weighted by atomic mass is 16.5. The van der Waals surface area contributed by atoms with Gasteiger partial charge in [0.1, 0.15) is 17.1 Å². The van der Waals surface area contributed by atoms with Crippen LogP contribution in [0, 0.1) is 0 Å².